The summed E-state index contributed by atoms with van der Waals surface area (Å²) in [5, 5.41) is 9.63. The molecule has 3 aromatic carbocycles. The Kier molecular flexibility index (Phi) is 4.28. The molecule has 1 amide bonds. The van der Waals surface area contributed by atoms with E-state index in [1.54, 1.807) is 4.68 Å². The summed E-state index contributed by atoms with van der Waals surface area (Å²) in [6.07, 6.45) is 0. The number of amides is 1. The Morgan fingerprint density at radius 1 is 1.00 bits per heavy atom. The van der Waals surface area contributed by atoms with Gasteiger partial charge < -0.3 is 5.32 Å². The summed E-state index contributed by atoms with van der Waals surface area (Å²) in [6, 6.07) is 21.5. The molecule has 0 saturated carbocycles. The molecular formula is C23H19N3O2S. The Hall–Kier alpha value is -3.25. The number of hydrogen-bond acceptors (Lipinski definition) is 3. The fraction of sp³-hybridized carbons (Fsp3) is 0.130. The second-order valence-electron chi connectivity index (χ2n) is 7.23. The molecule has 0 radical (unpaired) electrons. The number of aromatic nitrogens is 2. The standard InChI is InChI=1S/C23H19N3O2S/c1-15-9-11-17(12-10-15)26-22(20-13-29(28)14-21(20)25-26)24-23(27)19-8-4-6-16-5-2-3-7-18(16)19/h2-12H,13-14H2,1H3,(H,24,27)/t29-/m1/s1. The van der Waals surface area contributed by atoms with Gasteiger partial charge >= 0.3 is 0 Å². The second kappa shape index (κ2) is 6.97. The van der Waals surface area contributed by atoms with Crippen molar-refractivity contribution >= 4 is 33.3 Å². The predicted molar refractivity (Wildman–Crippen MR) is 116 cm³/mol. The van der Waals surface area contributed by atoms with Gasteiger partial charge in [-0.25, -0.2) is 4.68 Å². The lowest BCUT2D eigenvalue weighted by atomic mass is 10.0. The van der Waals surface area contributed by atoms with Crippen molar-refractivity contribution in [1.29, 1.82) is 0 Å². The van der Waals surface area contributed by atoms with Crippen molar-refractivity contribution in [2.24, 2.45) is 0 Å². The summed E-state index contributed by atoms with van der Waals surface area (Å²) in [5.74, 6) is 1.24. The summed E-state index contributed by atoms with van der Waals surface area (Å²) in [4.78, 5) is 13.2. The van der Waals surface area contributed by atoms with Crippen LogP contribution >= 0.6 is 0 Å². The summed E-state index contributed by atoms with van der Waals surface area (Å²) in [5.41, 5.74) is 4.27. The van der Waals surface area contributed by atoms with Crippen LogP contribution in [0.15, 0.2) is 66.7 Å². The smallest absolute Gasteiger partial charge is 0.257 e. The zero-order valence-corrected chi connectivity index (χ0v) is 16.7. The Balaban J connectivity index is 1.59. The SMILES string of the molecule is Cc1ccc(-n2nc3c(c2NC(=O)c2cccc4ccccc24)C[S@@](=O)C3)cc1. The quantitative estimate of drug-likeness (QED) is 0.555. The highest BCUT2D eigenvalue weighted by Gasteiger charge is 2.28. The zero-order valence-electron chi connectivity index (χ0n) is 15.9. The van der Waals surface area contributed by atoms with Crippen LogP contribution in [0.1, 0.15) is 27.2 Å². The summed E-state index contributed by atoms with van der Waals surface area (Å²) >= 11 is 0. The van der Waals surface area contributed by atoms with E-state index in [4.69, 9.17) is 0 Å². The van der Waals surface area contributed by atoms with E-state index in [0.717, 1.165) is 33.3 Å². The molecule has 2 heterocycles. The Morgan fingerprint density at radius 3 is 2.59 bits per heavy atom. The van der Waals surface area contributed by atoms with Gasteiger partial charge in [0.1, 0.15) is 5.82 Å². The van der Waals surface area contributed by atoms with Crippen LogP contribution in [0.4, 0.5) is 5.82 Å². The molecule has 0 spiro atoms. The van der Waals surface area contributed by atoms with Crippen LogP contribution in [0.5, 0.6) is 0 Å². The van der Waals surface area contributed by atoms with E-state index in [9.17, 15) is 9.00 Å². The maximum atomic E-state index is 13.2. The van der Waals surface area contributed by atoms with Crippen molar-refractivity contribution in [3.05, 3.63) is 89.1 Å². The number of carbonyl (C=O) groups is 1. The van der Waals surface area contributed by atoms with Crippen LogP contribution in [-0.2, 0) is 22.3 Å². The largest absolute Gasteiger partial charge is 0.306 e. The average molecular weight is 401 g/mol. The highest BCUT2D eigenvalue weighted by Crippen LogP contribution is 2.32. The third-order valence-corrected chi connectivity index (χ3v) is 6.42. The lowest BCUT2D eigenvalue weighted by Gasteiger charge is -2.12. The first-order valence-electron chi connectivity index (χ1n) is 9.42. The van der Waals surface area contributed by atoms with Crippen molar-refractivity contribution in [3.63, 3.8) is 0 Å². The van der Waals surface area contributed by atoms with E-state index in [2.05, 4.69) is 10.4 Å². The van der Waals surface area contributed by atoms with E-state index in [1.807, 2.05) is 73.7 Å². The number of aryl methyl sites for hydroxylation is 1. The van der Waals surface area contributed by atoms with Gasteiger partial charge in [-0.05, 0) is 35.9 Å². The third-order valence-electron chi connectivity index (χ3n) is 5.21. The lowest BCUT2D eigenvalue weighted by molar-refractivity contribution is 0.102. The fourth-order valence-electron chi connectivity index (χ4n) is 3.73. The number of carbonyl (C=O) groups excluding carboxylic acids is 1. The number of benzene rings is 3. The predicted octanol–water partition coefficient (Wildman–Crippen LogP) is 4.35. The van der Waals surface area contributed by atoms with Gasteiger partial charge in [-0.2, -0.15) is 5.10 Å². The molecule has 1 atom stereocenters. The first-order chi connectivity index (χ1) is 14.1. The highest BCUT2D eigenvalue weighted by molar-refractivity contribution is 7.83. The number of rotatable bonds is 3. The van der Waals surface area contributed by atoms with E-state index in [1.165, 1.54) is 0 Å². The van der Waals surface area contributed by atoms with Crippen LogP contribution in [0.25, 0.3) is 16.5 Å². The highest BCUT2D eigenvalue weighted by atomic mass is 32.2. The van der Waals surface area contributed by atoms with E-state index in [-0.39, 0.29) is 5.91 Å². The van der Waals surface area contributed by atoms with Crippen LogP contribution < -0.4 is 5.32 Å². The zero-order chi connectivity index (χ0) is 20.0. The van der Waals surface area contributed by atoms with Gasteiger partial charge in [-0.15, -0.1) is 0 Å². The van der Waals surface area contributed by atoms with Crippen molar-refractivity contribution < 1.29 is 9.00 Å². The Bertz CT molecular complexity index is 1270. The molecule has 1 aliphatic rings. The second-order valence-corrected chi connectivity index (χ2v) is 8.69. The topological polar surface area (TPSA) is 64.0 Å². The average Bonchev–Trinajstić information content (AvgIpc) is 3.25. The molecule has 144 valence electrons. The Labute approximate surface area is 170 Å². The Morgan fingerprint density at radius 2 is 1.76 bits per heavy atom. The number of nitrogens with zero attached hydrogens (tertiary/aromatic N) is 2. The van der Waals surface area contributed by atoms with Crippen LogP contribution in [0.2, 0.25) is 0 Å². The number of nitrogens with one attached hydrogen (secondary N) is 1. The number of anilines is 1. The molecule has 0 aliphatic carbocycles. The fourth-order valence-corrected chi connectivity index (χ4v) is 4.99. The molecule has 4 aromatic rings. The minimum atomic E-state index is -0.976. The van der Waals surface area contributed by atoms with Gasteiger partial charge in [0.15, 0.2) is 0 Å². The van der Waals surface area contributed by atoms with E-state index >= 15 is 0 Å². The molecule has 1 N–H and O–H groups in total. The van der Waals surface area contributed by atoms with Gasteiger partial charge in [-0.3, -0.25) is 9.00 Å². The van der Waals surface area contributed by atoms with Crippen molar-refractivity contribution in [2.45, 2.75) is 18.4 Å². The first kappa shape index (κ1) is 17.8. The summed E-state index contributed by atoms with van der Waals surface area (Å²) in [6.45, 7) is 2.03. The molecule has 5 nitrogen and oxygen atoms in total. The van der Waals surface area contributed by atoms with Crippen LogP contribution in [0.3, 0.4) is 0 Å². The molecule has 1 aliphatic heterocycles. The van der Waals surface area contributed by atoms with Crippen molar-refractivity contribution in [2.75, 3.05) is 5.32 Å². The monoisotopic (exact) mass is 401 g/mol. The van der Waals surface area contributed by atoms with Gasteiger partial charge in [0.05, 0.1) is 22.9 Å². The molecular weight excluding hydrogens is 382 g/mol. The van der Waals surface area contributed by atoms with Crippen molar-refractivity contribution in [3.8, 4) is 5.69 Å². The number of hydrogen-bond donors (Lipinski definition) is 1. The lowest BCUT2D eigenvalue weighted by Crippen LogP contribution is -2.17. The van der Waals surface area contributed by atoms with Crippen LogP contribution in [0, 0.1) is 6.92 Å². The van der Waals surface area contributed by atoms with Crippen LogP contribution in [-0.4, -0.2) is 19.9 Å². The molecule has 0 bridgehead atoms. The van der Waals surface area contributed by atoms with E-state index in [0.29, 0.717) is 22.9 Å². The van der Waals surface area contributed by atoms with Gasteiger partial charge in [0, 0.05) is 21.9 Å². The summed E-state index contributed by atoms with van der Waals surface area (Å²) < 4.78 is 13.8. The minimum absolute atomic E-state index is 0.199. The summed E-state index contributed by atoms with van der Waals surface area (Å²) in [7, 11) is -0.976. The molecule has 0 saturated heterocycles. The van der Waals surface area contributed by atoms with Gasteiger partial charge in [0.2, 0.25) is 0 Å². The maximum absolute atomic E-state index is 13.2. The first-order valence-corrected chi connectivity index (χ1v) is 10.9. The van der Waals surface area contributed by atoms with Gasteiger partial charge in [-0.1, -0.05) is 54.1 Å². The molecule has 29 heavy (non-hydrogen) atoms. The van der Waals surface area contributed by atoms with Crippen molar-refractivity contribution in [1.82, 2.24) is 9.78 Å². The number of fused-ring (bicyclic) bond motifs is 2. The maximum Gasteiger partial charge on any atom is 0.257 e. The minimum Gasteiger partial charge on any atom is -0.306 e. The van der Waals surface area contributed by atoms with Gasteiger partial charge in [0.25, 0.3) is 5.91 Å². The van der Waals surface area contributed by atoms with E-state index < -0.39 is 10.8 Å². The molecule has 1 aromatic heterocycles. The molecule has 6 heteroatoms. The molecule has 5 rings (SSSR count). The third kappa shape index (κ3) is 3.15. The molecule has 0 fully saturated rings. The normalized spacial score (nSPS) is 15.4. The molecule has 0 unspecified atom stereocenters.